The highest BCUT2D eigenvalue weighted by molar-refractivity contribution is 7.87. The van der Waals surface area contributed by atoms with Crippen LogP contribution in [0, 0.1) is 11.3 Å². The topological polar surface area (TPSA) is 135 Å². The van der Waals surface area contributed by atoms with Gasteiger partial charge in [0.1, 0.15) is 11.5 Å². The van der Waals surface area contributed by atoms with Crippen LogP contribution in [0.1, 0.15) is 16.7 Å². The Kier molecular flexibility index (Phi) is 6.79. The summed E-state index contributed by atoms with van der Waals surface area (Å²) in [5.41, 5.74) is 7.78. The number of hydrogen-bond donors (Lipinski definition) is 1. The molecule has 1 amide bonds. The molecule has 0 saturated heterocycles. The molecule has 1 aliphatic heterocycles. The molecule has 4 rings (SSSR count). The van der Waals surface area contributed by atoms with Crippen molar-refractivity contribution in [2.45, 2.75) is 5.54 Å². The minimum Gasteiger partial charge on any atom is -0.383 e. The van der Waals surface area contributed by atoms with Gasteiger partial charge in [0.25, 0.3) is 5.91 Å². The highest BCUT2D eigenvalue weighted by Gasteiger charge is 2.49. The lowest BCUT2D eigenvalue weighted by Gasteiger charge is -2.26. The van der Waals surface area contributed by atoms with Gasteiger partial charge in [-0.2, -0.15) is 13.7 Å². The van der Waals surface area contributed by atoms with E-state index in [-0.39, 0.29) is 30.0 Å². The highest BCUT2D eigenvalue weighted by Crippen LogP contribution is 2.41. The van der Waals surface area contributed by atoms with Crippen molar-refractivity contribution in [3.8, 4) is 22.9 Å². The van der Waals surface area contributed by atoms with E-state index in [2.05, 4.69) is 11.1 Å². The molecule has 3 aromatic carbocycles. The standard InChI is InChI=1S/C26H24N4O5S/c1-30-24(31)26(29-25(30)28,21-9-11-23(12-10-21)35-36(32,33)14-13-34-2)22-8-4-7-20(16-22)19-6-3-5-18(15-19)17-27/h3-12,15-16H,13-14H2,1-2H3,(H2,28,29). The summed E-state index contributed by atoms with van der Waals surface area (Å²) in [7, 11) is -0.889. The Balaban J connectivity index is 1.78. The molecule has 1 heterocycles. The molecule has 0 spiro atoms. The third-order valence-corrected chi connectivity index (χ3v) is 6.99. The third kappa shape index (κ3) is 4.66. The van der Waals surface area contributed by atoms with Crippen LogP contribution in [0.4, 0.5) is 0 Å². The molecule has 9 nitrogen and oxygen atoms in total. The Bertz CT molecular complexity index is 1480. The number of rotatable bonds is 8. The second kappa shape index (κ2) is 9.81. The van der Waals surface area contributed by atoms with Crippen molar-refractivity contribution < 1.29 is 22.1 Å². The molecule has 0 aromatic heterocycles. The van der Waals surface area contributed by atoms with E-state index in [4.69, 9.17) is 14.7 Å². The van der Waals surface area contributed by atoms with Crippen LogP contribution in [0.5, 0.6) is 5.75 Å². The van der Waals surface area contributed by atoms with E-state index < -0.39 is 15.7 Å². The maximum absolute atomic E-state index is 13.6. The van der Waals surface area contributed by atoms with Crippen molar-refractivity contribution in [3.63, 3.8) is 0 Å². The zero-order valence-electron chi connectivity index (χ0n) is 19.7. The Morgan fingerprint density at radius 2 is 1.69 bits per heavy atom. The number of nitrogens with two attached hydrogens (primary N) is 1. The van der Waals surface area contributed by atoms with Crippen molar-refractivity contribution in [2.24, 2.45) is 10.7 Å². The normalized spacial score (nSPS) is 17.5. The number of carbonyl (C=O) groups excluding carboxylic acids is 1. The Hall–Kier alpha value is -4.20. The maximum atomic E-state index is 13.6. The molecular weight excluding hydrogens is 480 g/mol. The predicted octanol–water partition coefficient (Wildman–Crippen LogP) is 2.61. The van der Waals surface area contributed by atoms with Crippen molar-refractivity contribution in [1.29, 1.82) is 5.26 Å². The summed E-state index contributed by atoms with van der Waals surface area (Å²) in [6.45, 7) is 0.00592. The van der Waals surface area contributed by atoms with E-state index in [1.54, 1.807) is 43.4 Å². The van der Waals surface area contributed by atoms with E-state index in [1.807, 2.05) is 24.3 Å². The van der Waals surface area contributed by atoms with Crippen LogP contribution >= 0.6 is 0 Å². The van der Waals surface area contributed by atoms with Gasteiger partial charge in [-0.05, 0) is 52.6 Å². The number of guanidine groups is 1. The van der Waals surface area contributed by atoms with Crippen molar-refractivity contribution in [1.82, 2.24) is 4.90 Å². The number of likely N-dealkylation sites (N-methyl/N-ethyl adjacent to an activating group) is 1. The molecule has 36 heavy (non-hydrogen) atoms. The monoisotopic (exact) mass is 504 g/mol. The zero-order chi connectivity index (χ0) is 25.9. The zero-order valence-corrected chi connectivity index (χ0v) is 20.5. The third-order valence-electron chi connectivity index (χ3n) is 5.88. The number of benzene rings is 3. The van der Waals surface area contributed by atoms with E-state index in [9.17, 15) is 18.5 Å². The van der Waals surface area contributed by atoms with E-state index in [0.717, 1.165) is 11.1 Å². The van der Waals surface area contributed by atoms with E-state index in [1.165, 1.54) is 24.1 Å². The fourth-order valence-electron chi connectivity index (χ4n) is 4.00. The first kappa shape index (κ1) is 24.9. The quantitative estimate of drug-likeness (QED) is 0.466. The molecule has 1 aliphatic rings. The lowest BCUT2D eigenvalue weighted by Crippen LogP contribution is -2.41. The van der Waals surface area contributed by atoms with Crippen LogP contribution in [0.25, 0.3) is 11.1 Å². The van der Waals surface area contributed by atoms with Gasteiger partial charge in [0.15, 0.2) is 11.5 Å². The average molecular weight is 505 g/mol. The lowest BCUT2D eigenvalue weighted by molar-refractivity contribution is -0.129. The minimum absolute atomic E-state index is 0.00592. The highest BCUT2D eigenvalue weighted by atomic mass is 32.2. The largest absolute Gasteiger partial charge is 0.383 e. The molecule has 0 aliphatic carbocycles. The SMILES string of the molecule is COCCS(=O)(=O)Oc1ccc(C2(c3cccc(-c4cccc(C#N)c4)c3)N=C(N)N(C)C2=O)cc1. The smallest absolute Gasteiger partial charge is 0.311 e. The van der Waals surface area contributed by atoms with Gasteiger partial charge >= 0.3 is 10.1 Å². The van der Waals surface area contributed by atoms with Gasteiger partial charge in [-0.1, -0.05) is 42.5 Å². The Labute approximate surface area is 209 Å². The van der Waals surface area contributed by atoms with Crippen LogP contribution in [0.15, 0.2) is 77.8 Å². The van der Waals surface area contributed by atoms with Gasteiger partial charge in [-0.25, -0.2) is 4.99 Å². The van der Waals surface area contributed by atoms with Crippen LogP contribution in [0.2, 0.25) is 0 Å². The molecule has 3 aromatic rings. The summed E-state index contributed by atoms with van der Waals surface area (Å²) >= 11 is 0. The van der Waals surface area contributed by atoms with E-state index in [0.29, 0.717) is 16.7 Å². The molecule has 10 heteroatoms. The average Bonchev–Trinajstić information content (AvgIpc) is 3.12. The van der Waals surface area contributed by atoms with Gasteiger partial charge in [-0.15, -0.1) is 0 Å². The fraction of sp³-hybridized carbons (Fsp3) is 0.192. The van der Waals surface area contributed by atoms with Gasteiger partial charge < -0.3 is 14.7 Å². The molecular formula is C26H24N4O5S. The number of nitrogens with zero attached hydrogens (tertiary/aromatic N) is 3. The molecule has 0 saturated carbocycles. The second-order valence-corrected chi connectivity index (χ2v) is 9.87. The Morgan fingerprint density at radius 3 is 2.31 bits per heavy atom. The molecule has 1 unspecified atom stereocenters. The fourth-order valence-corrected chi connectivity index (χ4v) is 4.86. The first-order valence-electron chi connectivity index (χ1n) is 11.0. The number of amides is 1. The van der Waals surface area contributed by atoms with Gasteiger partial charge in [0.2, 0.25) is 0 Å². The van der Waals surface area contributed by atoms with Crippen LogP contribution in [0.3, 0.4) is 0 Å². The van der Waals surface area contributed by atoms with Gasteiger partial charge in [-0.3, -0.25) is 9.69 Å². The molecule has 1 atom stereocenters. The number of hydrogen-bond acceptors (Lipinski definition) is 8. The van der Waals surface area contributed by atoms with Crippen LogP contribution < -0.4 is 9.92 Å². The summed E-state index contributed by atoms with van der Waals surface area (Å²) in [5.74, 6) is -0.495. The summed E-state index contributed by atoms with van der Waals surface area (Å²) < 4.78 is 34.2. The first-order valence-corrected chi connectivity index (χ1v) is 12.5. The summed E-state index contributed by atoms with van der Waals surface area (Å²) in [4.78, 5) is 19.4. The molecule has 0 radical (unpaired) electrons. The molecule has 0 bridgehead atoms. The minimum atomic E-state index is -3.84. The maximum Gasteiger partial charge on any atom is 0.311 e. The van der Waals surface area contributed by atoms with Gasteiger partial charge in [0.05, 0.1) is 18.2 Å². The lowest BCUT2D eigenvalue weighted by atomic mass is 9.81. The van der Waals surface area contributed by atoms with Crippen LogP contribution in [-0.2, 0) is 25.2 Å². The summed E-state index contributed by atoms with van der Waals surface area (Å²) in [5, 5.41) is 9.27. The van der Waals surface area contributed by atoms with E-state index >= 15 is 0 Å². The van der Waals surface area contributed by atoms with Crippen molar-refractivity contribution in [3.05, 3.63) is 89.5 Å². The predicted molar refractivity (Wildman–Crippen MR) is 134 cm³/mol. The summed E-state index contributed by atoms with van der Waals surface area (Å²) in [6.07, 6.45) is 0. The van der Waals surface area contributed by atoms with Crippen molar-refractivity contribution in [2.75, 3.05) is 26.5 Å². The molecule has 2 N–H and O–H groups in total. The number of nitriles is 1. The Morgan fingerprint density at radius 1 is 1.03 bits per heavy atom. The number of carbonyl (C=O) groups is 1. The molecule has 0 fully saturated rings. The van der Waals surface area contributed by atoms with Crippen molar-refractivity contribution >= 4 is 22.0 Å². The summed E-state index contributed by atoms with van der Waals surface area (Å²) in [6, 6.07) is 22.7. The van der Waals surface area contributed by atoms with Crippen LogP contribution in [-0.4, -0.2) is 51.7 Å². The van der Waals surface area contributed by atoms with Gasteiger partial charge in [0, 0.05) is 14.2 Å². The number of methoxy groups -OCH3 is 1. The number of ether oxygens (including phenoxy) is 1. The second-order valence-electron chi connectivity index (χ2n) is 8.18. The number of aliphatic imine (C=N–C) groups is 1. The molecule has 184 valence electrons. The first-order chi connectivity index (χ1) is 17.2.